The number of nitrogens with zero attached hydrogens (tertiary/aromatic N) is 2. The van der Waals surface area contributed by atoms with E-state index < -0.39 is 6.36 Å². The van der Waals surface area contributed by atoms with E-state index in [1.807, 2.05) is 40.3 Å². The van der Waals surface area contributed by atoms with E-state index >= 15 is 0 Å². The fraction of sp³-hybridized carbons (Fsp3) is 0.429. The first-order valence-corrected chi connectivity index (χ1v) is 6.68. The van der Waals surface area contributed by atoms with Crippen LogP contribution in [0.2, 0.25) is 0 Å². The van der Waals surface area contributed by atoms with E-state index in [0.717, 1.165) is 17.1 Å². The Morgan fingerprint density at radius 3 is 2.80 bits per heavy atom. The van der Waals surface area contributed by atoms with Crippen LogP contribution in [-0.2, 0) is 9.47 Å². The lowest BCUT2D eigenvalue weighted by Gasteiger charge is -2.33. The minimum Gasteiger partial charge on any atom is -0.474 e. The Bertz CT molecular complexity index is 509. The molecular formula is C14H18FN3O2. The lowest BCUT2D eigenvalue weighted by atomic mass is 10.2. The van der Waals surface area contributed by atoms with Crippen molar-refractivity contribution in [2.45, 2.75) is 6.36 Å². The summed E-state index contributed by atoms with van der Waals surface area (Å²) in [5, 5.41) is 0. The van der Waals surface area contributed by atoms with Crippen LogP contribution in [0.3, 0.4) is 0 Å². The van der Waals surface area contributed by atoms with Gasteiger partial charge in [0.25, 0.3) is 0 Å². The summed E-state index contributed by atoms with van der Waals surface area (Å²) < 4.78 is 23.8. The summed E-state index contributed by atoms with van der Waals surface area (Å²) in [6, 6.07) is 7.89. The molecule has 0 spiro atoms. The highest BCUT2D eigenvalue weighted by Gasteiger charge is 2.24. The van der Waals surface area contributed by atoms with Crippen LogP contribution in [0.25, 0.3) is 0 Å². The van der Waals surface area contributed by atoms with Gasteiger partial charge in [0.2, 0.25) is 6.36 Å². The number of halogens is 1. The number of para-hydroxylation sites is 2. The molecule has 0 aromatic heterocycles. The molecule has 20 heavy (non-hydrogen) atoms. The third-order valence-electron chi connectivity index (χ3n) is 3.45. The number of alkyl halides is 1. The Labute approximate surface area is 117 Å². The molecule has 3 rings (SSSR count). The van der Waals surface area contributed by atoms with Crippen LogP contribution in [0.1, 0.15) is 0 Å². The Hall–Kier alpha value is -1.79. The largest absolute Gasteiger partial charge is 0.474 e. The van der Waals surface area contributed by atoms with Crippen LogP contribution in [0.15, 0.2) is 36.2 Å². The quantitative estimate of drug-likeness (QED) is 0.906. The summed E-state index contributed by atoms with van der Waals surface area (Å²) in [5.41, 5.74) is 7.55. The molecule has 2 heterocycles. The molecule has 1 atom stereocenters. The smallest absolute Gasteiger partial charge is 0.216 e. The van der Waals surface area contributed by atoms with Crippen molar-refractivity contribution in [1.29, 1.82) is 0 Å². The van der Waals surface area contributed by atoms with Gasteiger partial charge in [0, 0.05) is 12.7 Å². The number of hydrogen-bond acceptors (Lipinski definition) is 5. The first kappa shape index (κ1) is 13.2. The summed E-state index contributed by atoms with van der Waals surface area (Å²) >= 11 is 0. The Morgan fingerprint density at radius 1 is 1.30 bits per heavy atom. The van der Waals surface area contributed by atoms with Crippen molar-refractivity contribution in [2.75, 3.05) is 42.8 Å². The molecule has 0 amide bonds. The second kappa shape index (κ2) is 5.68. The van der Waals surface area contributed by atoms with Crippen molar-refractivity contribution in [1.82, 2.24) is 0 Å². The SMILES string of the molecule is NCC1=CN(c2ccccc2N2CCOC(F)C2)CO1. The Balaban J connectivity index is 1.87. The van der Waals surface area contributed by atoms with E-state index in [4.69, 9.17) is 15.2 Å². The van der Waals surface area contributed by atoms with Crippen LogP contribution in [0.4, 0.5) is 15.8 Å². The molecule has 1 aromatic carbocycles. The molecule has 1 fully saturated rings. The Kier molecular flexibility index (Phi) is 3.75. The second-order valence-corrected chi connectivity index (χ2v) is 4.76. The average molecular weight is 279 g/mol. The maximum atomic E-state index is 13.4. The zero-order valence-electron chi connectivity index (χ0n) is 11.2. The third-order valence-corrected chi connectivity index (χ3v) is 3.45. The predicted octanol–water partition coefficient (Wildman–Crippen LogP) is 1.41. The van der Waals surface area contributed by atoms with E-state index in [9.17, 15) is 4.39 Å². The maximum Gasteiger partial charge on any atom is 0.216 e. The number of hydrogen-bond donors (Lipinski definition) is 1. The van der Waals surface area contributed by atoms with Gasteiger partial charge < -0.3 is 25.0 Å². The number of nitrogens with two attached hydrogens (primary N) is 1. The molecule has 2 aliphatic rings. The lowest BCUT2D eigenvalue weighted by molar-refractivity contribution is -0.0464. The van der Waals surface area contributed by atoms with Gasteiger partial charge in [0.1, 0.15) is 5.76 Å². The fourth-order valence-electron chi connectivity index (χ4n) is 2.45. The van der Waals surface area contributed by atoms with Crippen LogP contribution in [0.5, 0.6) is 0 Å². The van der Waals surface area contributed by atoms with Crippen molar-refractivity contribution in [2.24, 2.45) is 5.73 Å². The zero-order chi connectivity index (χ0) is 13.9. The highest BCUT2D eigenvalue weighted by Crippen LogP contribution is 2.32. The first-order chi connectivity index (χ1) is 9.78. The molecule has 0 aliphatic carbocycles. The molecule has 0 bridgehead atoms. The maximum absolute atomic E-state index is 13.4. The molecule has 2 N–H and O–H groups in total. The number of ether oxygens (including phenoxy) is 2. The van der Waals surface area contributed by atoms with Crippen molar-refractivity contribution in [3.05, 3.63) is 36.2 Å². The van der Waals surface area contributed by atoms with Crippen molar-refractivity contribution < 1.29 is 13.9 Å². The van der Waals surface area contributed by atoms with Gasteiger partial charge in [-0.25, -0.2) is 4.39 Å². The number of morpholine rings is 1. The zero-order valence-corrected chi connectivity index (χ0v) is 11.2. The highest BCUT2D eigenvalue weighted by molar-refractivity contribution is 5.72. The van der Waals surface area contributed by atoms with Gasteiger partial charge in [0.05, 0.1) is 31.1 Å². The number of anilines is 2. The van der Waals surface area contributed by atoms with Crippen LogP contribution in [-0.4, -0.2) is 39.3 Å². The molecule has 2 aliphatic heterocycles. The average Bonchev–Trinajstić information content (AvgIpc) is 2.96. The molecule has 108 valence electrons. The molecule has 1 unspecified atom stereocenters. The monoisotopic (exact) mass is 279 g/mol. The van der Waals surface area contributed by atoms with E-state index in [2.05, 4.69) is 0 Å². The topological polar surface area (TPSA) is 51.0 Å². The van der Waals surface area contributed by atoms with Gasteiger partial charge in [-0.3, -0.25) is 0 Å². The molecule has 6 heteroatoms. The molecule has 1 saturated heterocycles. The Morgan fingerprint density at radius 2 is 2.10 bits per heavy atom. The van der Waals surface area contributed by atoms with Crippen molar-refractivity contribution >= 4 is 11.4 Å². The van der Waals surface area contributed by atoms with E-state index in [-0.39, 0.29) is 6.54 Å². The summed E-state index contributed by atoms with van der Waals surface area (Å²) in [4.78, 5) is 3.98. The fourth-order valence-corrected chi connectivity index (χ4v) is 2.45. The van der Waals surface area contributed by atoms with Gasteiger partial charge in [0.15, 0.2) is 6.73 Å². The summed E-state index contributed by atoms with van der Waals surface area (Å²) in [6.45, 7) is 2.14. The number of benzene rings is 1. The van der Waals surface area contributed by atoms with Crippen molar-refractivity contribution in [3.63, 3.8) is 0 Å². The van der Waals surface area contributed by atoms with Gasteiger partial charge >= 0.3 is 0 Å². The predicted molar refractivity (Wildman–Crippen MR) is 75.1 cm³/mol. The van der Waals surface area contributed by atoms with Gasteiger partial charge in [-0.2, -0.15) is 0 Å². The van der Waals surface area contributed by atoms with Gasteiger partial charge in [-0.1, -0.05) is 12.1 Å². The third kappa shape index (κ3) is 2.57. The van der Waals surface area contributed by atoms with Gasteiger partial charge in [-0.05, 0) is 12.1 Å². The van der Waals surface area contributed by atoms with Crippen LogP contribution >= 0.6 is 0 Å². The molecular weight excluding hydrogens is 261 g/mol. The van der Waals surface area contributed by atoms with Gasteiger partial charge in [-0.15, -0.1) is 0 Å². The molecule has 0 radical (unpaired) electrons. The summed E-state index contributed by atoms with van der Waals surface area (Å²) in [5.74, 6) is 0.755. The minimum atomic E-state index is -1.23. The highest BCUT2D eigenvalue weighted by atomic mass is 19.1. The van der Waals surface area contributed by atoms with Crippen molar-refractivity contribution in [3.8, 4) is 0 Å². The van der Waals surface area contributed by atoms with Crippen LogP contribution < -0.4 is 15.5 Å². The van der Waals surface area contributed by atoms with E-state index in [0.29, 0.717) is 26.4 Å². The normalized spacial score (nSPS) is 22.7. The summed E-state index contributed by atoms with van der Waals surface area (Å²) in [7, 11) is 0. The minimum absolute atomic E-state index is 0.249. The second-order valence-electron chi connectivity index (χ2n) is 4.76. The van der Waals surface area contributed by atoms with E-state index in [1.165, 1.54) is 0 Å². The van der Waals surface area contributed by atoms with E-state index in [1.54, 1.807) is 0 Å². The summed E-state index contributed by atoms with van der Waals surface area (Å²) in [6.07, 6.45) is 0.661. The first-order valence-electron chi connectivity index (χ1n) is 6.68. The lowest BCUT2D eigenvalue weighted by Crippen LogP contribution is -2.41. The van der Waals surface area contributed by atoms with Crippen LogP contribution in [0, 0.1) is 0 Å². The standard InChI is InChI=1S/C14H18FN3O2/c15-14-9-17(5-6-19-14)12-3-1-2-4-13(12)18-8-11(7-16)20-10-18/h1-4,8,14H,5-7,9-10,16H2. The molecule has 0 saturated carbocycles. The molecule has 5 nitrogen and oxygen atoms in total. The number of rotatable bonds is 3. The molecule has 1 aromatic rings.